The third kappa shape index (κ3) is 3.78. The van der Waals surface area contributed by atoms with Crippen LogP contribution in [-0.2, 0) is 6.54 Å². The Morgan fingerprint density at radius 3 is 2.74 bits per heavy atom. The minimum Gasteiger partial charge on any atom is -0.305 e. The highest BCUT2D eigenvalue weighted by Gasteiger charge is 2.27. The first-order chi connectivity index (χ1) is 9.01. The lowest BCUT2D eigenvalue weighted by molar-refractivity contribution is 0.210. The molecular formula is C15H28N4. The number of hydrogen-bond acceptors (Lipinski definition) is 3. The molecule has 1 heterocycles. The molecule has 1 fully saturated rings. The molecule has 0 amide bonds. The summed E-state index contributed by atoms with van der Waals surface area (Å²) in [7, 11) is 0. The molecule has 19 heavy (non-hydrogen) atoms. The summed E-state index contributed by atoms with van der Waals surface area (Å²) in [5, 5.41) is 8.02. The van der Waals surface area contributed by atoms with Crippen molar-refractivity contribution in [2.75, 3.05) is 0 Å². The van der Waals surface area contributed by atoms with E-state index in [-0.39, 0.29) is 5.54 Å². The first kappa shape index (κ1) is 14.5. The zero-order valence-corrected chi connectivity index (χ0v) is 12.8. The zero-order valence-electron chi connectivity index (χ0n) is 12.8. The summed E-state index contributed by atoms with van der Waals surface area (Å²) in [5.74, 6) is 1.85. The molecule has 0 saturated heterocycles. The Balaban J connectivity index is 2.09. The third-order valence-electron chi connectivity index (χ3n) is 4.13. The van der Waals surface area contributed by atoms with Gasteiger partial charge in [-0.2, -0.15) is 5.10 Å². The van der Waals surface area contributed by atoms with Gasteiger partial charge in [-0.05, 0) is 39.5 Å². The van der Waals surface area contributed by atoms with E-state index in [1.807, 2.05) is 0 Å². The Kier molecular flexibility index (Phi) is 4.61. The number of aromatic nitrogens is 3. The van der Waals surface area contributed by atoms with Gasteiger partial charge in [-0.3, -0.25) is 0 Å². The van der Waals surface area contributed by atoms with Crippen LogP contribution in [0.1, 0.15) is 71.7 Å². The third-order valence-corrected chi connectivity index (χ3v) is 4.13. The Labute approximate surface area is 117 Å². The van der Waals surface area contributed by atoms with Crippen molar-refractivity contribution in [1.29, 1.82) is 0 Å². The maximum Gasteiger partial charge on any atom is 0.141 e. The normalized spacial score (nSPS) is 24.6. The lowest BCUT2D eigenvalue weighted by atomic mass is 9.83. The highest BCUT2D eigenvalue weighted by Crippen LogP contribution is 2.35. The fourth-order valence-corrected chi connectivity index (χ4v) is 3.01. The molecule has 2 atom stereocenters. The van der Waals surface area contributed by atoms with Crippen LogP contribution in [0.3, 0.4) is 0 Å². The van der Waals surface area contributed by atoms with Crippen LogP contribution in [0.2, 0.25) is 0 Å². The van der Waals surface area contributed by atoms with Crippen molar-refractivity contribution in [3.63, 3.8) is 0 Å². The summed E-state index contributed by atoms with van der Waals surface area (Å²) in [5.41, 5.74) is 0.119. The molecule has 1 saturated carbocycles. The van der Waals surface area contributed by atoms with E-state index in [0.717, 1.165) is 18.3 Å². The Bertz CT molecular complexity index is 391. The molecule has 108 valence electrons. The molecule has 0 radical (unpaired) electrons. The van der Waals surface area contributed by atoms with E-state index in [2.05, 4.69) is 47.8 Å². The van der Waals surface area contributed by atoms with Crippen molar-refractivity contribution in [2.45, 2.75) is 77.9 Å². The van der Waals surface area contributed by atoms with Gasteiger partial charge in [-0.25, -0.2) is 9.67 Å². The smallest absolute Gasteiger partial charge is 0.141 e. The average Bonchev–Trinajstić information content (AvgIpc) is 2.83. The van der Waals surface area contributed by atoms with Crippen molar-refractivity contribution in [1.82, 2.24) is 20.1 Å². The number of nitrogens with zero attached hydrogens (tertiary/aromatic N) is 3. The Hall–Kier alpha value is -0.900. The van der Waals surface area contributed by atoms with E-state index in [4.69, 9.17) is 0 Å². The quantitative estimate of drug-likeness (QED) is 0.907. The Morgan fingerprint density at radius 2 is 2.05 bits per heavy atom. The summed E-state index contributed by atoms with van der Waals surface area (Å²) in [6.45, 7) is 9.65. The molecule has 1 aromatic rings. The van der Waals surface area contributed by atoms with Gasteiger partial charge in [0.25, 0.3) is 0 Å². The van der Waals surface area contributed by atoms with Gasteiger partial charge in [-0.1, -0.05) is 26.2 Å². The van der Waals surface area contributed by atoms with Gasteiger partial charge >= 0.3 is 0 Å². The van der Waals surface area contributed by atoms with Crippen LogP contribution in [0.4, 0.5) is 0 Å². The molecule has 0 aromatic carbocycles. The number of hydrogen-bond donors (Lipinski definition) is 1. The molecule has 4 heteroatoms. The van der Waals surface area contributed by atoms with E-state index >= 15 is 0 Å². The van der Waals surface area contributed by atoms with Gasteiger partial charge in [0.1, 0.15) is 12.2 Å². The molecule has 1 aliphatic rings. The maximum absolute atomic E-state index is 4.50. The van der Waals surface area contributed by atoms with Crippen LogP contribution in [0.5, 0.6) is 0 Å². The topological polar surface area (TPSA) is 42.7 Å². The number of nitrogens with one attached hydrogen (secondary N) is 1. The van der Waals surface area contributed by atoms with E-state index in [9.17, 15) is 0 Å². The van der Waals surface area contributed by atoms with Gasteiger partial charge in [0.2, 0.25) is 0 Å². The van der Waals surface area contributed by atoms with Crippen molar-refractivity contribution < 1.29 is 0 Å². The number of rotatable bonds is 4. The fourth-order valence-electron chi connectivity index (χ4n) is 3.01. The van der Waals surface area contributed by atoms with Crippen LogP contribution >= 0.6 is 0 Å². The molecular weight excluding hydrogens is 236 g/mol. The minimum atomic E-state index is 0.119. The van der Waals surface area contributed by atoms with Gasteiger partial charge in [0.05, 0.1) is 12.6 Å². The zero-order chi connectivity index (χ0) is 13.9. The molecule has 4 nitrogen and oxygen atoms in total. The van der Waals surface area contributed by atoms with E-state index in [1.54, 1.807) is 6.33 Å². The molecule has 1 aliphatic carbocycles. The van der Waals surface area contributed by atoms with Crippen LogP contribution in [0.15, 0.2) is 6.33 Å². The Morgan fingerprint density at radius 1 is 1.32 bits per heavy atom. The van der Waals surface area contributed by atoms with E-state index < -0.39 is 0 Å². The largest absolute Gasteiger partial charge is 0.305 e. The molecule has 0 aliphatic heterocycles. The molecule has 1 N–H and O–H groups in total. The van der Waals surface area contributed by atoms with E-state index in [1.165, 1.54) is 32.1 Å². The first-order valence-electron chi connectivity index (χ1n) is 7.64. The van der Waals surface area contributed by atoms with Crippen molar-refractivity contribution in [3.05, 3.63) is 12.2 Å². The second-order valence-electron chi connectivity index (χ2n) is 6.74. The lowest BCUT2D eigenvalue weighted by Crippen LogP contribution is -2.36. The van der Waals surface area contributed by atoms with Crippen LogP contribution < -0.4 is 5.32 Å². The molecule has 0 bridgehead atoms. The van der Waals surface area contributed by atoms with Crippen molar-refractivity contribution in [3.8, 4) is 0 Å². The summed E-state index contributed by atoms with van der Waals surface area (Å²) in [6.07, 6.45) is 8.25. The first-order valence-corrected chi connectivity index (χ1v) is 7.64. The lowest BCUT2D eigenvalue weighted by Gasteiger charge is -2.32. The summed E-state index contributed by atoms with van der Waals surface area (Å²) in [4.78, 5) is 4.45. The van der Waals surface area contributed by atoms with Gasteiger partial charge in [-0.15, -0.1) is 0 Å². The predicted octanol–water partition coefficient (Wildman–Crippen LogP) is 3.31. The second-order valence-corrected chi connectivity index (χ2v) is 6.74. The fraction of sp³-hybridized carbons (Fsp3) is 0.867. The summed E-state index contributed by atoms with van der Waals surface area (Å²) in [6, 6.07) is 0.554. The van der Waals surface area contributed by atoms with Gasteiger partial charge in [0.15, 0.2) is 0 Å². The van der Waals surface area contributed by atoms with Crippen molar-refractivity contribution >= 4 is 0 Å². The SMILES string of the molecule is CCC1CCCCC1n1ncnc1CNC(C)(C)C. The monoisotopic (exact) mass is 264 g/mol. The van der Waals surface area contributed by atoms with Gasteiger partial charge in [0, 0.05) is 5.54 Å². The maximum atomic E-state index is 4.50. The molecule has 1 aromatic heterocycles. The van der Waals surface area contributed by atoms with Crippen LogP contribution in [0.25, 0.3) is 0 Å². The highest BCUT2D eigenvalue weighted by molar-refractivity contribution is 4.92. The average molecular weight is 264 g/mol. The minimum absolute atomic E-state index is 0.119. The molecule has 2 rings (SSSR count). The molecule has 0 spiro atoms. The summed E-state index contributed by atoms with van der Waals surface area (Å²) < 4.78 is 2.19. The highest BCUT2D eigenvalue weighted by atomic mass is 15.4. The van der Waals surface area contributed by atoms with Crippen molar-refractivity contribution in [2.24, 2.45) is 5.92 Å². The second kappa shape index (κ2) is 6.04. The molecule has 2 unspecified atom stereocenters. The predicted molar refractivity (Wildman–Crippen MR) is 77.9 cm³/mol. The van der Waals surface area contributed by atoms with Crippen LogP contribution in [-0.4, -0.2) is 20.3 Å². The summed E-state index contributed by atoms with van der Waals surface area (Å²) >= 11 is 0. The van der Waals surface area contributed by atoms with Crippen LogP contribution in [0, 0.1) is 5.92 Å². The standard InChI is InChI=1S/C15H28N4/c1-5-12-8-6-7-9-13(12)19-14(16-11-18-19)10-17-15(2,3)4/h11-13,17H,5-10H2,1-4H3. The van der Waals surface area contributed by atoms with E-state index in [0.29, 0.717) is 6.04 Å². The van der Waals surface area contributed by atoms with Gasteiger partial charge < -0.3 is 5.32 Å².